The quantitative estimate of drug-likeness (QED) is 0.250. The van der Waals surface area contributed by atoms with Gasteiger partial charge >= 0.3 is 0 Å². The van der Waals surface area contributed by atoms with Gasteiger partial charge in [-0.25, -0.2) is 0 Å². The summed E-state index contributed by atoms with van der Waals surface area (Å²) in [5.74, 6) is 4.59. The normalized spacial score (nSPS) is 38.2. The zero-order chi connectivity index (χ0) is 28.2. The highest BCUT2D eigenvalue weighted by molar-refractivity contribution is 7.86. The molecule has 3 saturated carbocycles. The third-order valence-electron chi connectivity index (χ3n) is 12.1. The Labute approximate surface area is 239 Å². The van der Waals surface area contributed by atoms with Gasteiger partial charge in [0.1, 0.15) is 0 Å². The standard InChI is InChI=1S/C35H52O3S/c1-23(2)25(4)10-11-26(5)31-16-17-32-30-15-12-27-22-28(38-39(36,37)29-13-8-24(3)9-14-29)18-20-34(27,6)33(30)19-21-35(31,32)7/h8-11,13-15,23,25-28,31-33H,12,16-22H2,1-7H3. The average Bonchev–Trinajstić information content (AvgIpc) is 3.24. The van der Waals surface area contributed by atoms with Crippen LogP contribution in [0.25, 0.3) is 0 Å². The van der Waals surface area contributed by atoms with Gasteiger partial charge < -0.3 is 0 Å². The van der Waals surface area contributed by atoms with Crippen LogP contribution < -0.4 is 0 Å². The minimum Gasteiger partial charge on any atom is -0.263 e. The van der Waals surface area contributed by atoms with E-state index in [9.17, 15) is 8.42 Å². The fraction of sp³-hybridized carbons (Fsp3) is 0.714. The Kier molecular flexibility index (Phi) is 8.05. The van der Waals surface area contributed by atoms with Crippen LogP contribution >= 0.6 is 0 Å². The highest BCUT2D eigenvalue weighted by Gasteiger charge is 2.58. The number of rotatable bonds is 7. The van der Waals surface area contributed by atoms with Crippen LogP contribution in [-0.2, 0) is 14.3 Å². The van der Waals surface area contributed by atoms with Crippen LogP contribution in [0.4, 0.5) is 0 Å². The maximum absolute atomic E-state index is 13.0. The Balaban J connectivity index is 1.29. The number of benzene rings is 1. The van der Waals surface area contributed by atoms with E-state index >= 15 is 0 Å². The van der Waals surface area contributed by atoms with Crippen molar-refractivity contribution in [2.24, 2.45) is 52.3 Å². The molecule has 0 radical (unpaired) electrons. The summed E-state index contributed by atoms with van der Waals surface area (Å²) in [4.78, 5) is 0.275. The van der Waals surface area contributed by atoms with Crippen LogP contribution in [-0.4, -0.2) is 14.5 Å². The van der Waals surface area contributed by atoms with Gasteiger partial charge in [-0.1, -0.05) is 83.0 Å². The SMILES string of the molecule is Cc1ccc(S(=O)(=O)OC2CCC3(C)C(CC=C4C3CCC3(C)C4CCC3C(C)C=CC(C)C(C)C)C2)cc1. The summed E-state index contributed by atoms with van der Waals surface area (Å²) in [6.07, 6.45) is 16.5. The number of hydrogen-bond donors (Lipinski definition) is 0. The first-order valence-electron chi connectivity index (χ1n) is 15.7. The molecular formula is C35H52O3S. The lowest BCUT2D eigenvalue weighted by Gasteiger charge is -2.58. The maximum Gasteiger partial charge on any atom is 0.297 e. The zero-order valence-corrected chi connectivity index (χ0v) is 26.3. The van der Waals surface area contributed by atoms with E-state index in [0.717, 1.165) is 37.2 Å². The molecule has 0 aliphatic heterocycles. The van der Waals surface area contributed by atoms with E-state index in [1.165, 1.54) is 25.7 Å². The topological polar surface area (TPSA) is 43.4 Å². The first kappa shape index (κ1) is 29.1. The van der Waals surface area contributed by atoms with Crippen LogP contribution in [0.1, 0.15) is 98.5 Å². The molecule has 4 heteroatoms. The predicted octanol–water partition coefficient (Wildman–Crippen LogP) is 9.13. The van der Waals surface area contributed by atoms with E-state index in [2.05, 4.69) is 59.8 Å². The second-order valence-corrected chi connectivity index (χ2v) is 16.2. The van der Waals surface area contributed by atoms with Gasteiger partial charge in [0, 0.05) is 0 Å². The van der Waals surface area contributed by atoms with Crippen LogP contribution in [0.3, 0.4) is 0 Å². The summed E-state index contributed by atoms with van der Waals surface area (Å²) >= 11 is 0. The van der Waals surface area contributed by atoms with Crippen molar-refractivity contribution < 1.29 is 12.6 Å². The first-order valence-corrected chi connectivity index (χ1v) is 17.1. The van der Waals surface area contributed by atoms with Crippen molar-refractivity contribution in [1.82, 2.24) is 0 Å². The molecule has 0 bridgehead atoms. The Bertz CT molecular complexity index is 1190. The van der Waals surface area contributed by atoms with Crippen LogP contribution in [0.5, 0.6) is 0 Å². The van der Waals surface area contributed by atoms with E-state index < -0.39 is 10.1 Å². The summed E-state index contributed by atoms with van der Waals surface area (Å²) in [6.45, 7) is 16.5. The van der Waals surface area contributed by atoms with Crippen molar-refractivity contribution in [1.29, 1.82) is 0 Å². The Hall–Kier alpha value is -1.39. The summed E-state index contributed by atoms with van der Waals surface area (Å²) < 4.78 is 31.9. The van der Waals surface area contributed by atoms with Crippen molar-refractivity contribution >= 4 is 10.1 Å². The fourth-order valence-corrected chi connectivity index (χ4v) is 10.2. The largest absolute Gasteiger partial charge is 0.297 e. The molecule has 0 spiro atoms. The van der Waals surface area contributed by atoms with Gasteiger partial charge in [0.05, 0.1) is 11.0 Å². The molecule has 4 aliphatic rings. The van der Waals surface area contributed by atoms with E-state index in [1.54, 1.807) is 17.7 Å². The average molecular weight is 553 g/mol. The van der Waals surface area contributed by atoms with E-state index in [4.69, 9.17) is 4.18 Å². The van der Waals surface area contributed by atoms with Crippen molar-refractivity contribution in [3.8, 4) is 0 Å². The van der Waals surface area contributed by atoms with Gasteiger partial charge in [-0.2, -0.15) is 8.42 Å². The maximum atomic E-state index is 13.0. The van der Waals surface area contributed by atoms with Crippen molar-refractivity contribution in [2.75, 3.05) is 0 Å². The van der Waals surface area contributed by atoms with Crippen molar-refractivity contribution in [2.45, 2.75) is 111 Å². The smallest absolute Gasteiger partial charge is 0.263 e. The summed E-state index contributed by atoms with van der Waals surface area (Å²) in [6, 6.07) is 7.02. The minimum atomic E-state index is -3.73. The fourth-order valence-electron chi connectivity index (χ4n) is 9.11. The first-order chi connectivity index (χ1) is 18.3. The lowest BCUT2D eigenvalue weighted by atomic mass is 9.47. The second-order valence-electron chi connectivity index (χ2n) is 14.6. The van der Waals surface area contributed by atoms with Gasteiger partial charge in [-0.3, -0.25) is 4.18 Å². The summed E-state index contributed by atoms with van der Waals surface area (Å²) in [5.41, 5.74) is 3.48. The van der Waals surface area contributed by atoms with Gasteiger partial charge in [0.2, 0.25) is 0 Å². The lowest BCUT2D eigenvalue weighted by Crippen LogP contribution is -2.50. The molecule has 0 amide bonds. The minimum absolute atomic E-state index is 0.213. The Morgan fingerprint density at radius 2 is 1.56 bits per heavy atom. The van der Waals surface area contributed by atoms with Crippen molar-refractivity contribution in [3.63, 3.8) is 0 Å². The molecule has 1 aromatic rings. The van der Waals surface area contributed by atoms with Crippen LogP contribution in [0, 0.1) is 59.2 Å². The third-order valence-corrected chi connectivity index (χ3v) is 13.5. The number of fused-ring (bicyclic) bond motifs is 5. The molecule has 4 aliphatic carbocycles. The highest BCUT2D eigenvalue weighted by atomic mass is 32.2. The molecule has 3 fully saturated rings. The molecule has 0 saturated heterocycles. The summed E-state index contributed by atoms with van der Waals surface area (Å²) in [5, 5.41) is 0. The van der Waals surface area contributed by atoms with E-state index in [0.29, 0.717) is 40.9 Å². The monoisotopic (exact) mass is 552 g/mol. The van der Waals surface area contributed by atoms with Gasteiger partial charge in [-0.05, 0) is 123 Å². The summed E-state index contributed by atoms with van der Waals surface area (Å²) in [7, 11) is -3.73. The molecule has 9 unspecified atom stereocenters. The molecule has 1 aromatic carbocycles. The predicted molar refractivity (Wildman–Crippen MR) is 161 cm³/mol. The van der Waals surface area contributed by atoms with Gasteiger partial charge in [0.15, 0.2) is 0 Å². The molecule has 9 atom stereocenters. The molecule has 0 N–H and O–H groups in total. The molecule has 39 heavy (non-hydrogen) atoms. The molecule has 0 aromatic heterocycles. The van der Waals surface area contributed by atoms with E-state index in [-0.39, 0.29) is 16.4 Å². The Morgan fingerprint density at radius 3 is 2.26 bits per heavy atom. The molecule has 0 heterocycles. The second kappa shape index (κ2) is 10.8. The van der Waals surface area contributed by atoms with Crippen LogP contribution in [0.15, 0.2) is 53.0 Å². The number of aryl methyl sites for hydroxylation is 1. The molecule has 3 nitrogen and oxygen atoms in total. The number of allylic oxidation sites excluding steroid dienone is 4. The van der Waals surface area contributed by atoms with Crippen molar-refractivity contribution in [3.05, 3.63) is 53.6 Å². The van der Waals surface area contributed by atoms with E-state index in [1.807, 2.05) is 19.1 Å². The van der Waals surface area contributed by atoms with Gasteiger partial charge in [0.25, 0.3) is 10.1 Å². The van der Waals surface area contributed by atoms with Crippen LogP contribution in [0.2, 0.25) is 0 Å². The molecular weight excluding hydrogens is 500 g/mol. The van der Waals surface area contributed by atoms with Gasteiger partial charge in [-0.15, -0.1) is 0 Å². The lowest BCUT2D eigenvalue weighted by molar-refractivity contribution is -0.0339. The number of hydrogen-bond acceptors (Lipinski definition) is 3. The third kappa shape index (κ3) is 5.34. The molecule has 216 valence electrons. The Morgan fingerprint density at radius 1 is 0.897 bits per heavy atom. The molecule has 5 rings (SSSR count). The zero-order valence-electron chi connectivity index (χ0n) is 25.5. The highest BCUT2D eigenvalue weighted by Crippen LogP contribution is 2.67.